The second-order valence-corrected chi connectivity index (χ2v) is 4.65. The van der Waals surface area contributed by atoms with Crippen LogP contribution in [0.2, 0.25) is 5.02 Å². The molecule has 2 heterocycles. The van der Waals surface area contributed by atoms with E-state index in [2.05, 4.69) is 0 Å². The third-order valence-electron chi connectivity index (χ3n) is 3.06. The van der Waals surface area contributed by atoms with E-state index in [0.29, 0.717) is 0 Å². The number of nitrogens with zero attached hydrogens (tertiary/aromatic N) is 1. The molecule has 8 heteroatoms. The van der Waals surface area contributed by atoms with Crippen LogP contribution in [0, 0.1) is 5.92 Å². The molecule has 0 unspecified atom stereocenters. The summed E-state index contributed by atoms with van der Waals surface area (Å²) in [5, 5.41) is 18.7. The maximum atomic E-state index is 11.7. The van der Waals surface area contributed by atoms with Gasteiger partial charge in [-0.2, -0.15) is 0 Å². The Morgan fingerprint density at radius 2 is 2.22 bits per heavy atom. The van der Waals surface area contributed by atoms with Crippen molar-refractivity contribution in [3.63, 3.8) is 0 Å². The van der Waals surface area contributed by atoms with Gasteiger partial charge in [0.15, 0.2) is 0 Å². The molecule has 0 aromatic carbocycles. The molecule has 0 spiro atoms. The van der Waals surface area contributed by atoms with Gasteiger partial charge in [-0.05, 0) is 0 Å². The minimum absolute atomic E-state index is 0.146. The summed E-state index contributed by atoms with van der Waals surface area (Å²) < 4.78 is 6.48. The lowest BCUT2D eigenvalue weighted by Gasteiger charge is -2.17. The summed E-state index contributed by atoms with van der Waals surface area (Å²) in [5.41, 5.74) is -1.35. The van der Waals surface area contributed by atoms with Gasteiger partial charge in [0.2, 0.25) is 0 Å². The van der Waals surface area contributed by atoms with Gasteiger partial charge >= 0.3 is 5.69 Å². The lowest BCUT2D eigenvalue weighted by Crippen LogP contribution is -2.34. The molecule has 1 fully saturated rings. The van der Waals surface area contributed by atoms with Crippen molar-refractivity contribution in [2.24, 2.45) is 5.92 Å². The quantitative estimate of drug-likeness (QED) is 0.648. The van der Waals surface area contributed by atoms with E-state index >= 15 is 0 Å². The summed E-state index contributed by atoms with van der Waals surface area (Å²) >= 11 is 5.65. The number of rotatable bonds is 2. The molecule has 18 heavy (non-hydrogen) atoms. The van der Waals surface area contributed by atoms with Crippen LogP contribution < -0.4 is 11.2 Å². The maximum absolute atomic E-state index is 11.7. The van der Waals surface area contributed by atoms with Crippen molar-refractivity contribution in [1.29, 1.82) is 0 Å². The molecule has 4 atom stereocenters. The first kappa shape index (κ1) is 13.3. The van der Waals surface area contributed by atoms with Crippen molar-refractivity contribution in [2.75, 3.05) is 6.61 Å². The first-order valence-electron chi connectivity index (χ1n) is 5.41. The van der Waals surface area contributed by atoms with Crippen LogP contribution in [-0.2, 0) is 4.74 Å². The summed E-state index contributed by atoms with van der Waals surface area (Å²) in [6.07, 6.45) is -1.27. The lowest BCUT2D eigenvalue weighted by atomic mass is 10.0. The predicted octanol–water partition coefficient (Wildman–Crippen LogP) is -0.923. The van der Waals surface area contributed by atoms with Gasteiger partial charge in [-0.1, -0.05) is 18.5 Å². The molecule has 1 aromatic rings. The van der Waals surface area contributed by atoms with Crippen molar-refractivity contribution in [2.45, 2.75) is 25.4 Å². The van der Waals surface area contributed by atoms with Gasteiger partial charge in [0.25, 0.3) is 5.56 Å². The van der Waals surface area contributed by atoms with Crippen molar-refractivity contribution < 1.29 is 14.9 Å². The minimum atomic E-state index is -0.891. The number of aliphatic hydroxyl groups is 2. The van der Waals surface area contributed by atoms with Gasteiger partial charge in [-0.15, -0.1) is 0 Å². The minimum Gasteiger partial charge on any atom is -0.394 e. The predicted molar refractivity (Wildman–Crippen MR) is 62.5 cm³/mol. The zero-order valence-electron chi connectivity index (χ0n) is 9.54. The van der Waals surface area contributed by atoms with E-state index in [1.54, 1.807) is 6.92 Å². The summed E-state index contributed by atoms with van der Waals surface area (Å²) in [6, 6.07) is 0. The van der Waals surface area contributed by atoms with E-state index in [1.807, 2.05) is 4.98 Å². The Morgan fingerprint density at radius 3 is 2.78 bits per heavy atom. The molecule has 1 aromatic heterocycles. The Bertz CT molecular complexity index is 554. The molecule has 0 radical (unpaired) electrons. The number of ether oxygens (including phenoxy) is 1. The van der Waals surface area contributed by atoms with Crippen LogP contribution in [0.25, 0.3) is 0 Å². The molecule has 0 saturated carbocycles. The van der Waals surface area contributed by atoms with Crippen LogP contribution in [0.4, 0.5) is 0 Å². The standard InChI is InChI=1S/C10H13ClN2O5/c1-4-7(15)6(3-14)18-9(4)13-2-5(11)8(16)12-10(13)17/h2,4,6-7,9,14-15H,3H2,1H3,(H,12,16,17)/t4-,6+,7-,9+/m0/s1. The third kappa shape index (κ3) is 2.10. The average Bonchev–Trinajstić information content (AvgIpc) is 2.61. The molecule has 1 aliphatic heterocycles. The fourth-order valence-electron chi connectivity index (χ4n) is 2.01. The van der Waals surface area contributed by atoms with Crippen LogP contribution in [0.3, 0.4) is 0 Å². The van der Waals surface area contributed by atoms with Crippen molar-refractivity contribution in [3.05, 3.63) is 32.1 Å². The molecular weight excluding hydrogens is 264 g/mol. The summed E-state index contributed by atoms with van der Waals surface area (Å²) in [5.74, 6) is -0.415. The molecule has 0 aliphatic carbocycles. The van der Waals surface area contributed by atoms with E-state index in [9.17, 15) is 14.7 Å². The molecule has 100 valence electrons. The van der Waals surface area contributed by atoms with Crippen molar-refractivity contribution >= 4 is 11.6 Å². The molecule has 7 nitrogen and oxygen atoms in total. The number of hydrogen-bond acceptors (Lipinski definition) is 5. The molecular formula is C10H13ClN2O5. The summed E-state index contributed by atoms with van der Waals surface area (Å²) in [7, 11) is 0. The fraction of sp³-hybridized carbons (Fsp3) is 0.600. The Morgan fingerprint density at radius 1 is 1.56 bits per heavy atom. The zero-order chi connectivity index (χ0) is 13.4. The van der Waals surface area contributed by atoms with Gasteiger partial charge in [0.05, 0.1) is 12.7 Å². The van der Waals surface area contributed by atoms with Crippen LogP contribution in [0.15, 0.2) is 15.8 Å². The number of aromatic amines is 1. The van der Waals surface area contributed by atoms with Gasteiger partial charge in [0, 0.05) is 12.1 Å². The molecule has 1 aliphatic rings. The lowest BCUT2D eigenvalue weighted by molar-refractivity contribution is -0.0476. The topological polar surface area (TPSA) is 105 Å². The largest absolute Gasteiger partial charge is 0.394 e. The molecule has 2 rings (SSSR count). The first-order valence-corrected chi connectivity index (χ1v) is 5.79. The van der Waals surface area contributed by atoms with Crippen LogP contribution in [0.1, 0.15) is 13.2 Å². The third-order valence-corrected chi connectivity index (χ3v) is 3.33. The van der Waals surface area contributed by atoms with E-state index in [1.165, 1.54) is 0 Å². The van der Waals surface area contributed by atoms with Gasteiger partial charge in [-0.25, -0.2) is 4.79 Å². The van der Waals surface area contributed by atoms with E-state index in [-0.39, 0.29) is 11.6 Å². The number of aliphatic hydroxyl groups excluding tert-OH is 2. The SMILES string of the molecule is C[C@H]1[C@H](O)[C@@H](CO)O[C@H]1n1cc(Cl)c(=O)[nH]c1=O. The zero-order valence-corrected chi connectivity index (χ0v) is 10.3. The van der Waals surface area contributed by atoms with Crippen LogP contribution >= 0.6 is 11.6 Å². The molecule has 0 amide bonds. The summed E-state index contributed by atoms with van der Waals surface area (Å²) in [6.45, 7) is 1.32. The maximum Gasteiger partial charge on any atom is 0.330 e. The second-order valence-electron chi connectivity index (χ2n) is 4.24. The smallest absolute Gasteiger partial charge is 0.330 e. The van der Waals surface area contributed by atoms with E-state index < -0.39 is 35.6 Å². The molecule has 3 N–H and O–H groups in total. The number of halogens is 1. The highest BCUT2D eigenvalue weighted by molar-refractivity contribution is 6.30. The van der Waals surface area contributed by atoms with E-state index in [4.69, 9.17) is 21.4 Å². The molecule has 1 saturated heterocycles. The van der Waals surface area contributed by atoms with Gasteiger partial charge in [0.1, 0.15) is 17.4 Å². The monoisotopic (exact) mass is 276 g/mol. The highest BCUT2D eigenvalue weighted by Gasteiger charge is 2.41. The van der Waals surface area contributed by atoms with Gasteiger partial charge < -0.3 is 14.9 Å². The molecule has 0 bridgehead atoms. The number of H-pyrrole nitrogens is 1. The Hall–Kier alpha value is -1.15. The Kier molecular flexibility index (Phi) is 3.58. The van der Waals surface area contributed by atoms with E-state index in [0.717, 1.165) is 10.8 Å². The second kappa shape index (κ2) is 4.85. The van der Waals surface area contributed by atoms with Crippen LogP contribution in [-0.4, -0.2) is 38.6 Å². The Labute approximate surface area is 107 Å². The number of aromatic nitrogens is 2. The summed E-state index contributed by atoms with van der Waals surface area (Å²) in [4.78, 5) is 24.8. The number of nitrogens with one attached hydrogen (secondary N) is 1. The number of hydrogen-bond donors (Lipinski definition) is 3. The Balaban J connectivity index is 2.42. The fourth-order valence-corrected chi connectivity index (χ4v) is 2.16. The average molecular weight is 277 g/mol. The van der Waals surface area contributed by atoms with Gasteiger partial charge in [-0.3, -0.25) is 14.3 Å². The van der Waals surface area contributed by atoms with Crippen molar-refractivity contribution in [1.82, 2.24) is 9.55 Å². The normalized spacial score (nSPS) is 31.8. The highest BCUT2D eigenvalue weighted by Crippen LogP contribution is 2.33. The highest BCUT2D eigenvalue weighted by atomic mass is 35.5. The van der Waals surface area contributed by atoms with Crippen molar-refractivity contribution in [3.8, 4) is 0 Å². The first-order chi connectivity index (χ1) is 8.45. The van der Waals surface area contributed by atoms with Crippen LogP contribution in [0.5, 0.6) is 0 Å².